The van der Waals surface area contributed by atoms with E-state index in [1.807, 2.05) is 6.07 Å². The lowest BCUT2D eigenvalue weighted by Gasteiger charge is -2.31. The van der Waals surface area contributed by atoms with Gasteiger partial charge < -0.3 is 10.5 Å². The third-order valence-electron chi connectivity index (χ3n) is 4.74. The average molecular weight is 260 g/mol. The predicted molar refractivity (Wildman–Crippen MR) is 78.2 cm³/mol. The van der Waals surface area contributed by atoms with Gasteiger partial charge in [0.2, 0.25) is 0 Å². The average Bonchev–Trinajstić information content (AvgIpc) is 2.82. The topological polar surface area (TPSA) is 38.5 Å². The summed E-state index contributed by atoms with van der Waals surface area (Å²) in [6.45, 7) is 2.26. The molecule has 1 saturated carbocycles. The second-order valence-electron chi connectivity index (χ2n) is 5.99. The molecule has 0 amide bonds. The summed E-state index contributed by atoms with van der Waals surface area (Å²) < 4.78 is 5.31. The fourth-order valence-corrected chi connectivity index (χ4v) is 3.83. The van der Waals surface area contributed by atoms with Crippen molar-refractivity contribution < 1.29 is 4.74 Å². The van der Waals surface area contributed by atoms with Crippen LogP contribution in [0.25, 0.3) is 0 Å². The number of rotatable bonds is 3. The highest BCUT2D eigenvalue weighted by Crippen LogP contribution is 2.37. The van der Waals surface area contributed by atoms with E-state index in [2.05, 4.69) is 17.0 Å². The van der Waals surface area contributed by atoms with Crippen molar-refractivity contribution in [3.05, 3.63) is 23.8 Å². The van der Waals surface area contributed by atoms with Gasteiger partial charge in [0.25, 0.3) is 0 Å². The first-order valence-corrected chi connectivity index (χ1v) is 7.44. The van der Waals surface area contributed by atoms with Crippen LogP contribution in [0.15, 0.2) is 18.2 Å². The maximum atomic E-state index is 5.94. The van der Waals surface area contributed by atoms with Crippen molar-refractivity contribution in [3.63, 3.8) is 0 Å². The normalized spacial score (nSPS) is 27.2. The largest absolute Gasteiger partial charge is 0.497 e. The monoisotopic (exact) mass is 260 g/mol. The molecule has 19 heavy (non-hydrogen) atoms. The van der Waals surface area contributed by atoms with E-state index in [4.69, 9.17) is 10.5 Å². The van der Waals surface area contributed by atoms with Crippen molar-refractivity contribution >= 4 is 5.69 Å². The molecular formula is C16H24N2O. The van der Waals surface area contributed by atoms with Crippen LogP contribution in [0, 0.1) is 5.92 Å². The van der Waals surface area contributed by atoms with Crippen molar-refractivity contribution in [3.8, 4) is 5.75 Å². The lowest BCUT2D eigenvalue weighted by molar-refractivity contribution is 0.176. The van der Waals surface area contributed by atoms with E-state index in [1.165, 1.54) is 44.2 Å². The molecule has 2 aliphatic rings. The molecule has 2 N–H and O–H groups in total. The highest BCUT2D eigenvalue weighted by molar-refractivity contribution is 5.47. The van der Waals surface area contributed by atoms with E-state index < -0.39 is 0 Å². The first-order chi connectivity index (χ1) is 9.26. The molecule has 1 heterocycles. The molecule has 104 valence electrons. The number of ether oxygens (including phenoxy) is 1. The number of anilines is 1. The Bertz CT molecular complexity index is 446. The Hall–Kier alpha value is -1.22. The summed E-state index contributed by atoms with van der Waals surface area (Å²) in [7, 11) is 1.70. The van der Waals surface area contributed by atoms with E-state index in [0.717, 1.165) is 29.9 Å². The summed E-state index contributed by atoms with van der Waals surface area (Å²) >= 11 is 0. The molecular weight excluding hydrogens is 236 g/mol. The molecule has 1 aliphatic heterocycles. The van der Waals surface area contributed by atoms with E-state index >= 15 is 0 Å². The van der Waals surface area contributed by atoms with Gasteiger partial charge in [-0.25, -0.2) is 0 Å². The SMILES string of the molecule is COc1cc(N)cc(CN2CCC3CCCCC32)c1. The molecule has 0 bridgehead atoms. The standard InChI is InChI=1S/C16H24N2O/c1-19-15-9-12(8-14(17)10-15)11-18-7-6-13-4-2-3-5-16(13)18/h8-10,13,16H,2-7,11,17H2,1H3. The van der Waals surface area contributed by atoms with E-state index in [0.29, 0.717) is 0 Å². The molecule has 2 atom stereocenters. The number of likely N-dealkylation sites (tertiary alicyclic amines) is 1. The Morgan fingerprint density at radius 3 is 2.89 bits per heavy atom. The van der Waals surface area contributed by atoms with Gasteiger partial charge in [-0.3, -0.25) is 4.90 Å². The highest BCUT2D eigenvalue weighted by Gasteiger charge is 2.35. The predicted octanol–water partition coefficient (Wildman–Crippen LogP) is 3.04. The van der Waals surface area contributed by atoms with Gasteiger partial charge in [0, 0.05) is 24.3 Å². The first kappa shape index (κ1) is 12.8. The van der Waals surface area contributed by atoms with Gasteiger partial charge in [0.05, 0.1) is 7.11 Å². The Morgan fingerprint density at radius 2 is 2.05 bits per heavy atom. The zero-order valence-electron chi connectivity index (χ0n) is 11.8. The molecule has 2 unspecified atom stereocenters. The van der Waals surface area contributed by atoms with Crippen LogP contribution in [0.3, 0.4) is 0 Å². The maximum absolute atomic E-state index is 5.94. The van der Waals surface area contributed by atoms with Crippen LogP contribution < -0.4 is 10.5 Å². The van der Waals surface area contributed by atoms with Gasteiger partial charge in [-0.1, -0.05) is 12.8 Å². The number of fused-ring (bicyclic) bond motifs is 1. The Balaban J connectivity index is 1.72. The highest BCUT2D eigenvalue weighted by atomic mass is 16.5. The quantitative estimate of drug-likeness (QED) is 0.849. The molecule has 0 radical (unpaired) electrons. The number of nitrogens with zero attached hydrogens (tertiary/aromatic N) is 1. The minimum atomic E-state index is 0.800. The third kappa shape index (κ3) is 2.71. The smallest absolute Gasteiger partial charge is 0.121 e. The minimum absolute atomic E-state index is 0.800. The number of nitrogen functional groups attached to an aromatic ring is 1. The van der Waals surface area contributed by atoms with Gasteiger partial charge in [-0.15, -0.1) is 0 Å². The van der Waals surface area contributed by atoms with Crippen LogP contribution in [0.4, 0.5) is 5.69 Å². The summed E-state index contributed by atoms with van der Waals surface area (Å²) in [6, 6.07) is 6.89. The van der Waals surface area contributed by atoms with E-state index in [9.17, 15) is 0 Å². The number of hydrogen-bond acceptors (Lipinski definition) is 3. The Kier molecular flexibility index (Phi) is 3.65. The van der Waals surface area contributed by atoms with Crippen LogP contribution in [0.2, 0.25) is 0 Å². The fourth-order valence-electron chi connectivity index (χ4n) is 3.83. The third-order valence-corrected chi connectivity index (χ3v) is 4.74. The number of nitrogens with two attached hydrogens (primary N) is 1. The van der Waals surface area contributed by atoms with Crippen molar-refractivity contribution in [2.45, 2.75) is 44.7 Å². The molecule has 1 aliphatic carbocycles. The molecule has 1 saturated heterocycles. The molecule has 1 aromatic carbocycles. The van der Waals surface area contributed by atoms with Crippen LogP contribution in [-0.2, 0) is 6.54 Å². The van der Waals surface area contributed by atoms with Crippen LogP contribution >= 0.6 is 0 Å². The lowest BCUT2D eigenvalue weighted by atomic mass is 9.85. The Morgan fingerprint density at radius 1 is 1.21 bits per heavy atom. The van der Waals surface area contributed by atoms with E-state index in [1.54, 1.807) is 7.11 Å². The molecule has 3 nitrogen and oxygen atoms in total. The fraction of sp³-hybridized carbons (Fsp3) is 0.625. The molecule has 0 aromatic heterocycles. The Labute approximate surface area is 115 Å². The molecule has 3 rings (SSSR count). The van der Waals surface area contributed by atoms with E-state index in [-0.39, 0.29) is 0 Å². The van der Waals surface area contributed by atoms with Crippen LogP contribution in [-0.4, -0.2) is 24.6 Å². The van der Waals surface area contributed by atoms with Crippen molar-refractivity contribution in [1.82, 2.24) is 4.90 Å². The summed E-state index contributed by atoms with van der Waals surface area (Å²) in [5, 5.41) is 0. The summed E-state index contributed by atoms with van der Waals surface area (Å²) in [4.78, 5) is 2.65. The second-order valence-corrected chi connectivity index (χ2v) is 5.99. The molecule has 1 aromatic rings. The summed E-state index contributed by atoms with van der Waals surface area (Å²) in [5.74, 6) is 1.81. The van der Waals surface area contributed by atoms with Gasteiger partial charge in [0.1, 0.15) is 5.75 Å². The molecule has 2 fully saturated rings. The zero-order chi connectivity index (χ0) is 13.2. The second kappa shape index (κ2) is 5.41. The summed E-state index contributed by atoms with van der Waals surface area (Å²) in [5.41, 5.74) is 8.02. The van der Waals surface area contributed by atoms with Crippen molar-refractivity contribution in [2.75, 3.05) is 19.4 Å². The minimum Gasteiger partial charge on any atom is -0.497 e. The van der Waals surface area contributed by atoms with Crippen LogP contribution in [0.5, 0.6) is 5.75 Å². The van der Waals surface area contributed by atoms with Gasteiger partial charge in [-0.2, -0.15) is 0 Å². The number of methoxy groups -OCH3 is 1. The first-order valence-electron chi connectivity index (χ1n) is 7.44. The number of benzene rings is 1. The summed E-state index contributed by atoms with van der Waals surface area (Å²) in [6.07, 6.45) is 7.02. The molecule has 3 heteroatoms. The maximum Gasteiger partial charge on any atom is 0.121 e. The zero-order valence-corrected chi connectivity index (χ0v) is 11.8. The van der Waals surface area contributed by atoms with Crippen molar-refractivity contribution in [2.24, 2.45) is 5.92 Å². The van der Waals surface area contributed by atoms with Crippen LogP contribution in [0.1, 0.15) is 37.7 Å². The number of hydrogen-bond donors (Lipinski definition) is 1. The van der Waals surface area contributed by atoms with Crippen molar-refractivity contribution in [1.29, 1.82) is 0 Å². The van der Waals surface area contributed by atoms with Gasteiger partial charge in [-0.05, 0) is 49.4 Å². The van der Waals surface area contributed by atoms with Gasteiger partial charge in [0.15, 0.2) is 0 Å². The van der Waals surface area contributed by atoms with Gasteiger partial charge >= 0.3 is 0 Å². The lowest BCUT2D eigenvalue weighted by Crippen LogP contribution is -2.34. The molecule has 0 spiro atoms.